The van der Waals surface area contributed by atoms with Crippen LogP contribution in [0.1, 0.15) is 31.9 Å². The van der Waals surface area contributed by atoms with E-state index in [9.17, 15) is 14.4 Å². The Hall–Kier alpha value is -3.68. The summed E-state index contributed by atoms with van der Waals surface area (Å²) in [6, 6.07) is 14.3. The highest BCUT2D eigenvalue weighted by atomic mass is 16.5. The molecular formula is C22H26N4O4. The summed E-state index contributed by atoms with van der Waals surface area (Å²) in [4.78, 5) is 35.1. The molecule has 0 aliphatic rings. The minimum Gasteiger partial charge on any atom is -0.484 e. The van der Waals surface area contributed by atoms with Crippen molar-refractivity contribution in [3.05, 3.63) is 59.7 Å². The summed E-state index contributed by atoms with van der Waals surface area (Å²) < 4.78 is 5.50. The molecule has 0 aliphatic carbocycles. The summed E-state index contributed by atoms with van der Waals surface area (Å²) in [5, 5.41) is 9.06. The Morgan fingerprint density at radius 2 is 1.73 bits per heavy atom. The maximum Gasteiger partial charge on any atom is 0.329 e. The SMILES string of the molecule is CCc1ccccc1NC(=O)COc1ccc(/C=N\NC(=O)C(=O)NC(C)C)cc1. The lowest BCUT2D eigenvalue weighted by Gasteiger charge is -2.10. The van der Waals surface area contributed by atoms with Gasteiger partial charge in [0.1, 0.15) is 5.75 Å². The second kappa shape index (κ2) is 11.4. The Morgan fingerprint density at radius 1 is 1.03 bits per heavy atom. The van der Waals surface area contributed by atoms with Crippen molar-refractivity contribution in [2.45, 2.75) is 33.2 Å². The van der Waals surface area contributed by atoms with Crippen molar-refractivity contribution >= 4 is 29.6 Å². The number of carbonyl (C=O) groups is 3. The van der Waals surface area contributed by atoms with Crippen LogP contribution in [0.15, 0.2) is 53.6 Å². The predicted molar refractivity (Wildman–Crippen MR) is 115 cm³/mol. The molecule has 3 amide bonds. The van der Waals surface area contributed by atoms with Crippen molar-refractivity contribution in [2.24, 2.45) is 5.10 Å². The standard InChI is InChI=1S/C22H26N4O4/c1-4-17-7-5-6-8-19(17)25-20(27)14-30-18-11-9-16(10-12-18)13-23-26-22(29)21(28)24-15(2)3/h5-13,15H,4,14H2,1-3H3,(H,24,28)(H,25,27)(H,26,29)/b23-13-. The van der Waals surface area contributed by atoms with E-state index < -0.39 is 11.8 Å². The Balaban J connectivity index is 1.81. The third kappa shape index (κ3) is 7.38. The molecule has 8 nitrogen and oxygen atoms in total. The lowest BCUT2D eigenvalue weighted by Crippen LogP contribution is -2.41. The molecule has 3 N–H and O–H groups in total. The van der Waals surface area contributed by atoms with Gasteiger partial charge in [-0.05, 0) is 61.7 Å². The van der Waals surface area contributed by atoms with Crippen LogP contribution < -0.4 is 20.8 Å². The average Bonchev–Trinajstić information content (AvgIpc) is 2.73. The number of hydrogen-bond donors (Lipinski definition) is 3. The molecule has 0 radical (unpaired) electrons. The molecule has 158 valence electrons. The van der Waals surface area contributed by atoms with Gasteiger partial charge in [0, 0.05) is 11.7 Å². The topological polar surface area (TPSA) is 109 Å². The number of aryl methyl sites for hydroxylation is 1. The summed E-state index contributed by atoms with van der Waals surface area (Å²) in [7, 11) is 0. The average molecular weight is 410 g/mol. The first-order chi connectivity index (χ1) is 14.4. The number of anilines is 1. The fraction of sp³-hybridized carbons (Fsp3) is 0.273. The van der Waals surface area contributed by atoms with Gasteiger partial charge in [0.2, 0.25) is 0 Å². The number of hydrogen-bond acceptors (Lipinski definition) is 5. The number of nitrogens with zero attached hydrogens (tertiary/aromatic N) is 1. The maximum atomic E-state index is 12.1. The highest BCUT2D eigenvalue weighted by Gasteiger charge is 2.12. The second-order valence-electron chi connectivity index (χ2n) is 6.74. The number of rotatable bonds is 8. The Bertz CT molecular complexity index is 908. The fourth-order valence-electron chi connectivity index (χ4n) is 2.48. The molecular weight excluding hydrogens is 384 g/mol. The van der Waals surface area contributed by atoms with Gasteiger partial charge in [-0.1, -0.05) is 25.1 Å². The van der Waals surface area contributed by atoms with Gasteiger partial charge in [0.25, 0.3) is 5.91 Å². The zero-order valence-corrected chi connectivity index (χ0v) is 17.3. The maximum absolute atomic E-state index is 12.1. The largest absolute Gasteiger partial charge is 0.484 e. The first kappa shape index (κ1) is 22.6. The molecule has 2 aromatic rings. The molecule has 0 bridgehead atoms. The Labute approximate surface area is 175 Å². The second-order valence-corrected chi connectivity index (χ2v) is 6.74. The van der Waals surface area contributed by atoms with Crippen molar-refractivity contribution in [3.8, 4) is 5.75 Å². The van der Waals surface area contributed by atoms with E-state index in [2.05, 4.69) is 21.2 Å². The van der Waals surface area contributed by atoms with Crippen LogP contribution in [0.3, 0.4) is 0 Å². The van der Waals surface area contributed by atoms with E-state index in [0.717, 1.165) is 17.7 Å². The molecule has 0 fully saturated rings. The van der Waals surface area contributed by atoms with Gasteiger partial charge in [0.05, 0.1) is 6.21 Å². The van der Waals surface area contributed by atoms with E-state index in [1.807, 2.05) is 31.2 Å². The molecule has 0 saturated heterocycles. The first-order valence-electron chi connectivity index (χ1n) is 9.63. The normalized spacial score (nSPS) is 10.7. The van der Waals surface area contributed by atoms with Gasteiger partial charge >= 0.3 is 11.8 Å². The van der Waals surface area contributed by atoms with E-state index in [1.165, 1.54) is 6.21 Å². The lowest BCUT2D eigenvalue weighted by molar-refractivity contribution is -0.139. The van der Waals surface area contributed by atoms with E-state index in [1.54, 1.807) is 38.1 Å². The van der Waals surface area contributed by atoms with Crippen LogP contribution in [0.25, 0.3) is 0 Å². The zero-order valence-electron chi connectivity index (χ0n) is 17.3. The summed E-state index contributed by atoms with van der Waals surface area (Å²) in [5.74, 6) is -1.31. The first-order valence-corrected chi connectivity index (χ1v) is 9.63. The fourth-order valence-corrected chi connectivity index (χ4v) is 2.48. The summed E-state index contributed by atoms with van der Waals surface area (Å²) in [6.45, 7) is 5.42. The highest BCUT2D eigenvalue weighted by Crippen LogP contribution is 2.16. The van der Waals surface area contributed by atoms with Crippen LogP contribution in [0.5, 0.6) is 5.75 Å². The van der Waals surface area contributed by atoms with E-state index in [-0.39, 0.29) is 18.6 Å². The van der Waals surface area contributed by atoms with E-state index >= 15 is 0 Å². The van der Waals surface area contributed by atoms with Gasteiger partial charge in [-0.3, -0.25) is 14.4 Å². The molecule has 8 heteroatoms. The third-order valence-electron chi connectivity index (χ3n) is 3.93. The number of nitrogens with one attached hydrogen (secondary N) is 3. The Kier molecular flexibility index (Phi) is 8.56. The summed E-state index contributed by atoms with van der Waals surface area (Å²) >= 11 is 0. The van der Waals surface area contributed by atoms with E-state index in [0.29, 0.717) is 11.3 Å². The minimum atomic E-state index is -0.837. The van der Waals surface area contributed by atoms with Crippen LogP contribution in [0.2, 0.25) is 0 Å². The van der Waals surface area contributed by atoms with Crippen LogP contribution in [-0.2, 0) is 20.8 Å². The van der Waals surface area contributed by atoms with Gasteiger partial charge in [-0.2, -0.15) is 5.10 Å². The predicted octanol–water partition coefficient (Wildman–Crippen LogP) is 2.24. The molecule has 0 unspecified atom stereocenters. The monoisotopic (exact) mass is 410 g/mol. The quantitative estimate of drug-likeness (QED) is 0.352. The summed E-state index contributed by atoms with van der Waals surface area (Å²) in [5.41, 5.74) is 4.69. The van der Waals surface area contributed by atoms with Crippen LogP contribution in [0.4, 0.5) is 5.69 Å². The minimum absolute atomic E-state index is 0.119. The number of para-hydroxylation sites is 1. The lowest BCUT2D eigenvalue weighted by atomic mass is 10.1. The number of benzene rings is 2. The van der Waals surface area contributed by atoms with Crippen molar-refractivity contribution in [1.29, 1.82) is 0 Å². The van der Waals surface area contributed by atoms with Crippen molar-refractivity contribution in [3.63, 3.8) is 0 Å². The molecule has 2 aromatic carbocycles. The smallest absolute Gasteiger partial charge is 0.329 e. The van der Waals surface area contributed by atoms with Crippen molar-refractivity contribution in [2.75, 3.05) is 11.9 Å². The molecule has 0 aliphatic heterocycles. The summed E-state index contributed by atoms with van der Waals surface area (Å²) in [6.07, 6.45) is 2.22. The molecule has 30 heavy (non-hydrogen) atoms. The zero-order chi connectivity index (χ0) is 21.9. The third-order valence-corrected chi connectivity index (χ3v) is 3.93. The van der Waals surface area contributed by atoms with Gasteiger partial charge in [-0.15, -0.1) is 0 Å². The number of hydrazone groups is 1. The molecule has 2 rings (SSSR count). The number of amides is 3. The highest BCUT2D eigenvalue weighted by molar-refractivity contribution is 6.35. The van der Waals surface area contributed by atoms with Crippen LogP contribution in [-0.4, -0.2) is 36.6 Å². The van der Waals surface area contributed by atoms with Crippen LogP contribution in [0, 0.1) is 0 Å². The molecule has 0 atom stereocenters. The van der Waals surface area contributed by atoms with Crippen LogP contribution >= 0.6 is 0 Å². The number of ether oxygens (including phenoxy) is 1. The van der Waals surface area contributed by atoms with Crippen molar-refractivity contribution in [1.82, 2.24) is 10.7 Å². The number of carbonyl (C=O) groups excluding carboxylic acids is 3. The molecule has 0 spiro atoms. The van der Waals surface area contributed by atoms with Crippen molar-refractivity contribution < 1.29 is 19.1 Å². The van der Waals surface area contributed by atoms with Gasteiger partial charge < -0.3 is 15.4 Å². The molecule has 0 aromatic heterocycles. The van der Waals surface area contributed by atoms with Gasteiger partial charge in [-0.25, -0.2) is 5.43 Å². The molecule has 0 saturated carbocycles. The van der Waals surface area contributed by atoms with E-state index in [4.69, 9.17) is 4.74 Å². The molecule has 0 heterocycles. The Morgan fingerprint density at radius 3 is 2.40 bits per heavy atom. The van der Waals surface area contributed by atoms with Gasteiger partial charge in [0.15, 0.2) is 6.61 Å².